The Morgan fingerprint density at radius 3 is 2.44 bits per heavy atom. The van der Waals surface area contributed by atoms with Crippen molar-refractivity contribution in [2.45, 2.75) is 25.5 Å². The van der Waals surface area contributed by atoms with Crippen LogP contribution in [0, 0.1) is 10.1 Å². The van der Waals surface area contributed by atoms with Gasteiger partial charge in [0.05, 0.1) is 17.1 Å². The third-order valence-corrected chi connectivity index (χ3v) is 2.51. The minimum absolute atomic E-state index is 0. The molecule has 0 aliphatic carbocycles. The first kappa shape index (κ1) is 16.4. The number of aliphatic hydroxyl groups is 1. The van der Waals surface area contributed by atoms with Gasteiger partial charge in [0.2, 0.25) is 5.75 Å². The first-order chi connectivity index (χ1) is 7.88. The second-order valence-corrected chi connectivity index (χ2v) is 3.67. The zero-order valence-electron chi connectivity index (χ0n) is 9.61. The van der Waals surface area contributed by atoms with Crippen LogP contribution < -0.4 is 5.73 Å². The minimum atomic E-state index is -0.876. The van der Waals surface area contributed by atoms with Gasteiger partial charge in [-0.25, -0.2) is 0 Å². The fraction of sp³-hybridized carbons (Fsp3) is 0.400. The SMILES string of the molecule is CC[C@H](O)[C@H](N)c1cc(O)c(O)c([N+](=O)[O-])c1.Cl. The lowest BCUT2D eigenvalue weighted by Gasteiger charge is -2.17. The molecule has 18 heavy (non-hydrogen) atoms. The monoisotopic (exact) mass is 278 g/mol. The summed E-state index contributed by atoms with van der Waals surface area (Å²) in [5.74, 6) is -1.44. The standard InChI is InChI=1S/C10H14N2O5.ClH/c1-2-7(13)9(11)5-3-6(12(16)17)10(15)8(14)4-5;/h3-4,7,9,13-15H,2,11H2,1H3;1H/t7-,9+;/m0./s1. The van der Waals surface area contributed by atoms with Gasteiger partial charge < -0.3 is 21.1 Å². The molecule has 0 amide bonds. The quantitative estimate of drug-likeness (QED) is 0.372. The van der Waals surface area contributed by atoms with E-state index in [1.165, 1.54) is 0 Å². The van der Waals surface area contributed by atoms with E-state index < -0.39 is 34.3 Å². The summed E-state index contributed by atoms with van der Waals surface area (Å²) in [6.45, 7) is 1.71. The molecule has 1 aromatic carbocycles. The maximum atomic E-state index is 10.6. The van der Waals surface area contributed by atoms with Gasteiger partial charge in [-0.1, -0.05) is 6.92 Å². The molecule has 0 aliphatic rings. The summed E-state index contributed by atoms with van der Waals surface area (Å²) in [4.78, 5) is 9.79. The van der Waals surface area contributed by atoms with E-state index in [9.17, 15) is 25.4 Å². The molecule has 1 rings (SSSR count). The highest BCUT2D eigenvalue weighted by Gasteiger charge is 2.23. The number of nitro groups is 1. The second-order valence-electron chi connectivity index (χ2n) is 3.67. The normalized spacial score (nSPS) is 13.5. The third kappa shape index (κ3) is 3.22. The Labute approximate surface area is 109 Å². The van der Waals surface area contributed by atoms with Gasteiger partial charge in [0.15, 0.2) is 5.75 Å². The van der Waals surface area contributed by atoms with Crippen LogP contribution in [0.2, 0.25) is 0 Å². The van der Waals surface area contributed by atoms with Crippen LogP contribution in [0.15, 0.2) is 12.1 Å². The van der Waals surface area contributed by atoms with Gasteiger partial charge in [0, 0.05) is 6.07 Å². The number of aliphatic hydroxyl groups excluding tert-OH is 1. The van der Waals surface area contributed by atoms with Crippen LogP contribution in [-0.2, 0) is 0 Å². The van der Waals surface area contributed by atoms with E-state index in [1.54, 1.807) is 6.92 Å². The zero-order chi connectivity index (χ0) is 13.2. The Morgan fingerprint density at radius 2 is 2.00 bits per heavy atom. The number of rotatable bonds is 4. The average molecular weight is 279 g/mol. The fourth-order valence-corrected chi connectivity index (χ4v) is 1.43. The van der Waals surface area contributed by atoms with E-state index in [2.05, 4.69) is 0 Å². The lowest BCUT2D eigenvalue weighted by atomic mass is 9.99. The van der Waals surface area contributed by atoms with Gasteiger partial charge in [0.1, 0.15) is 0 Å². The minimum Gasteiger partial charge on any atom is -0.504 e. The van der Waals surface area contributed by atoms with E-state index in [4.69, 9.17) is 5.73 Å². The van der Waals surface area contributed by atoms with Crippen LogP contribution in [0.5, 0.6) is 11.5 Å². The predicted octanol–water partition coefficient (Wildman–Crippen LogP) is 1.20. The molecule has 102 valence electrons. The van der Waals surface area contributed by atoms with Crippen molar-refractivity contribution < 1.29 is 20.2 Å². The summed E-state index contributed by atoms with van der Waals surface area (Å²) in [5.41, 5.74) is 5.23. The molecule has 5 N–H and O–H groups in total. The van der Waals surface area contributed by atoms with Gasteiger partial charge in [-0.15, -0.1) is 12.4 Å². The Balaban J connectivity index is 0.00000289. The molecule has 0 bridgehead atoms. The molecule has 0 aromatic heterocycles. The van der Waals surface area contributed by atoms with Crippen LogP contribution in [-0.4, -0.2) is 26.3 Å². The van der Waals surface area contributed by atoms with Crippen molar-refractivity contribution in [3.63, 3.8) is 0 Å². The summed E-state index contributed by atoms with van der Waals surface area (Å²) in [5, 5.41) is 38.8. The van der Waals surface area contributed by atoms with E-state index in [-0.39, 0.29) is 18.0 Å². The highest BCUT2D eigenvalue weighted by molar-refractivity contribution is 5.85. The molecule has 0 radical (unpaired) electrons. The molecule has 0 spiro atoms. The summed E-state index contributed by atoms with van der Waals surface area (Å²) in [7, 11) is 0. The molecule has 2 atom stereocenters. The third-order valence-electron chi connectivity index (χ3n) is 2.51. The van der Waals surface area contributed by atoms with Crippen molar-refractivity contribution in [2.24, 2.45) is 5.73 Å². The van der Waals surface area contributed by atoms with Crippen LogP contribution in [0.4, 0.5) is 5.69 Å². The van der Waals surface area contributed by atoms with Crippen molar-refractivity contribution >= 4 is 18.1 Å². The number of aromatic hydroxyl groups is 2. The van der Waals surface area contributed by atoms with Gasteiger partial charge in [-0.2, -0.15) is 0 Å². The average Bonchev–Trinajstić information content (AvgIpc) is 2.30. The van der Waals surface area contributed by atoms with Gasteiger partial charge in [0.25, 0.3) is 0 Å². The molecule has 0 saturated carbocycles. The largest absolute Gasteiger partial charge is 0.504 e. The first-order valence-corrected chi connectivity index (χ1v) is 5.02. The van der Waals surface area contributed by atoms with Crippen molar-refractivity contribution in [1.29, 1.82) is 0 Å². The number of nitro benzene ring substituents is 1. The van der Waals surface area contributed by atoms with Crippen LogP contribution in [0.3, 0.4) is 0 Å². The second kappa shape index (κ2) is 6.39. The maximum absolute atomic E-state index is 10.6. The lowest BCUT2D eigenvalue weighted by Crippen LogP contribution is -2.25. The Kier molecular flexibility index (Phi) is 5.83. The van der Waals surface area contributed by atoms with E-state index in [1.807, 2.05) is 0 Å². The van der Waals surface area contributed by atoms with Crippen LogP contribution in [0.1, 0.15) is 24.9 Å². The zero-order valence-corrected chi connectivity index (χ0v) is 10.4. The topological polar surface area (TPSA) is 130 Å². The molecular formula is C10H15ClN2O5. The van der Waals surface area contributed by atoms with Gasteiger partial charge in [-0.05, 0) is 18.1 Å². The van der Waals surface area contributed by atoms with E-state index in [0.29, 0.717) is 6.42 Å². The Bertz CT molecular complexity index is 441. The fourth-order valence-electron chi connectivity index (χ4n) is 1.43. The molecular weight excluding hydrogens is 264 g/mol. The van der Waals surface area contributed by atoms with Crippen LogP contribution in [0.25, 0.3) is 0 Å². The van der Waals surface area contributed by atoms with E-state index >= 15 is 0 Å². The van der Waals surface area contributed by atoms with Crippen molar-refractivity contribution in [3.8, 4) is 11.5 Å². The predicted molar refractivity (Wildman–Crippen MR) is 66.9 cm³/mol. The number of hydrogen-bond donors (Lipinski definition) is 4. The molecule has 0 aliphatic heterocycles. The number of benzene rings is 1. The first-order valence-electron chi connectivity index (χ1n) is 5.02. The molecule has 0 saturated heterocycles. The van der Waals surface area contributed by atoms with Crippen molar-refractivity contribution in [3.05, 3.63) is 27.8 Å². The molecule has 0 fully saturated rings. The summed E-state index contributed by atoms with van der Waals surface area (Å²) in [6.07, 6.45) is -0.505. The molecule has 0 heterocycles. The Hall–Kier alpha value is -1.57. The number of hydrogen-bond acceptors (Lipinski definition) is 6. The summed E-state index contributed by atoms with van der Waals surface area (Å²) in [6, 6.07) is 1.29. The number of nitrogens with zero attached hydrogens (tertiary/aromatic N) is 1. The number of phenols is 2. The molecule has 8 heteroatoms. The smallest absolute Gasteiger partial charge is 0.314 e. The van der Waals surface area contributed by atoms with Gasteiger partial charge in [-0.3, -0.25) is 10.1 Å². The highest BCUT2D eigenvalue weighted by Crippen LogP contribution is 2.37. The van der Waals surface area contributed by atoms with Gasteiger partial charge >= 0.3 is 5.69 Å². The highest BCUT2D eigenvalue weighted by atomic mass is 35.5. The lowest BCUT2D eigenvalue weighted by molar-refractivity contribution is -0.386. The van der Waals surface area contributed by atoms with E-state index in [0.717, 1.165) is 12.1 Å². The maximum Gasteiger partial charge on any atom is 0.314 e. The van der Waals surface area contributed by atoms with Crippen LogP contribution >= 0.6 is 12.4 Å². The number of halogens is 1. The van der Waals surface area contributed by atoms with Crippen molar-refractivity contribution in [2.75, 3.05) is 0 Å². The molecule has 1 aromatic rings. The molecule has 0 unspecified atom stereocenters. The summed E-state index contributed by atoms with van der Waals surface area (Å²) >= 11 is 0. The Morgan fingerprint density at radius 1 is 1.44 bits per heavy atom. The van der Waals surface area contributed by atoms with Crippen molar-refractivity contribution in [1.82, 2.24) is 0 Å². The number of nitrogens with two attached hydrogens (primary N) is 1. The molecule has 7 nitrogen and oxygen atoms in total. The summed E-state index contributed by atoms with van der Waals surface area (Å²) < 4.78 is 0. The number of phenolic OH excluding ortho intramolecular Hbond substituents is 2.